The molecule has 3 rings (SSSR count). The first-order valence-electron chi connectivity index (χ1n) is 8.66. The average molecular weight is 336 g/mol. The van der Waals surface area contributed by atoms with Gasteiger partial charge in [0.1, 0.15) is 0 Å². The largest absolute Gasteiger partial charge is 0.368 e. The highest BCUT2D eigenvalue weighted by molar-refractivity contribution is 6.30. The molecule has 0 atom stereocenters. The van der Waals surface area contributed by atoms with Gasteiger partial charge in [0.25, 0.3) is 0 Å². The minimum absolute atomic E-state index is 0.276. The zero-order valence-electron chi connectivity index (χ0n) is 13.9. The van der Waals surface area contributed by atoms with Crippen molar-refractivity contribution in [2.45, 2.75) is 19.8 Å². The molecule has 0 bridgehead atoms. The van der Waals surface area contributed by atoms with E-state index in [1.54, 1.807) is 0 Å². The molecule has 1 aliphatic carbocycles. The molecule has 1 amide bonds. The number of likely N-dealkylation sites (N-methyl/N-ethyl adjacent to an activating group) is 1. The number of carbonyl (C=O) groups is 1. The van der Waals surface area contributed by atoms with Crippen LogP contribution in [0.3, 0.4) is 0 Å². The fourth-order valence-corrected chi connectivity index (χ4v) is 3.33. The van der Waals surface area contributed by atoms with Crippen molar-refractivity contribution in [1.82, 2.24) is 9.80 Å². The number of piperazine rings is 1. The molecule has 2 aliphatic rings. The van der Waals surface area contributed by atoms with E-state index in [-0.39, 0.29) is 5.91 Å². The minimum Gasteiger partial charge on any atom is -0.368 e. The summed E-state index contributed by atoms with van der Waals surface area (Å²) in [4.78, 5) is 19.1. The Morgan fingerprint density at radius 3 is 2.61 bits per heavy atom. The fraction of sp³-hybridized carbons (Fsp3) is 0.611. The Kier molecular flexibility index (Phi) is 5.44. The zero-order chi connectivity index (χ0) is 16.2. The van der Waals surface area contributed by atoms with Crippen LogP contribution in [0.2, 0.25) is 5.02 Å². The van der Waals surface area contributed by atoms with Crippen molar-refractivity contribution >= 4 is 23.2 Å². The maximum absolute atomic E-state index is 12.5. The lowest BCUT2D eigenvalue weighted by atomic mass is 10.2. The second-order valence-corrected chi connectivity index (χ2v) is 7.06. The lowest BCUT2D eigenvalue weighted by molar-refractivity contribution is -0.132. The Balaban J connectivity index is 1.48. The molecule has 126 valence electrons. The summed E-state index contributed by atoms with van der Waals surface area (Å²) < 4.78 is 0. The SMILES string of the molecule is CCN(CC(=O)N1CCN(c2cccc(Cl)c2)CC1)CC1CC1. The fourth-order valence-electron chi connectivity index (χ4n) is 3.15. The van der Waals surface area contributed by atoms with Gasteiger partial charge in [-0.05, 0) is 43.5 Å². The summed E-state index contributed by atoms with van der Waals surface area (Å²) in [5.41, 5.74) is 1.15. The van der Waals surface area contributed by atoms with Crippen molar-refractivity contribution in [1.29, 1.82) is 0 Å². The number of carbonyl (C=O) groups excluding carboxylic acids is 1. The van der Waals surface area contributed by atoms with Gasteiger partial charge in [-0.1, -0.05) is 24.6 Å². The van der Waals surface area contributed by atoms with E-state index in [0.29, 0.717) is 6.54 Å². The molecule has 1 aliphatic heterocycles. The summed E-state index contributed by atoms with van der Waals surface area (Å²) in [5, 5.41) is 0.764. The van der Waals surface area contributed by atoms with Crippen LogP contribution < -0.4 is 4.90 Å². The highest BCUT2D eigenvalue weighted by atomic mass is 35.5. The molecule has 0 radical (unpaired) electrons. The van der Waals surface area contributed by atoms with E-state index < -0.39 is 0 Å². The molecule has 0 spiro atoms. The van der Waals surface area contributed by atoms with E-state index in [9.17, 15) is 4.79 Å². The van der Waals surface area contributed by atoms with E-state index in [1.807, 2.05) is 23.1 Å². The molecule has 1 aromatic carbocycles. The maximum Gasteiger partial charge on any atom is 0.236 e. The van der Waals surface area contributed by atoms with E-state index in [4.69, 9.17) is 11.6 Å². The van der Waals surface area contributed by atoms with Crippen LogP contribution in [0.5, 0.6) is 0 Å². The quantitative estimate of drug-likeness (QED) is 0.799. The van der Waals surface area contributed by atoms with Crippen molar-refractivity contribution in [2.75, 3.05) is 50.7 Å². The Morgan fingerprint density at radius 1 is 1.26 bits per heavy atom. The number of nitrogens with zero attached hydrogens (tertiary/aromatic N) is 3. The van der Waals surface area contributed by atoms with Crippen LogP contribution in [0.1, 0.15) is 19.8 Å². The molecular formula is C18H26ClN3O. The molecule has 0 unspecified atom stereocenters. The number of amides is 1. The molecule has 1 aromatic rings. The summed E-state index contributed by atoms with van der Waals surface area (Å²) in [6.45, 7) is 8.12. The van der Waals surface area contributed by atoms with Crippen molar-refractivity contribution < 1.29 is 4.79 Å². The Hall–Kier alpha value is -1.26. The van der Waals surface area contributed by atoms with Gasteiger partial charge in [-0.25, -0.2) is 0 Å². The summed E-state index contributed by atoms with van der Waals surface area (Å²) in [6.07, 6.45) is 2.67. The van der Waals surface area contributed by atoms with E-state index in [1.165, 1.54) is 12.8 Å². The lowest BCUT2D eigenvalue weighted by Crippen LogP contribution is -2.51. The van der Waals surface area contributed by atoms with Crippen molar-refractivity contribution in [3.8, 4) is 0 Å². The van der Waals surface area contributed by atoms with E-state index >= 15 is 0 Å². The van der Waals surface area contributed by atoms with Crippen LogP contribution in [0.25, 0.3) is 0 Å². The molecular weight excluding hydrogens is 310 g/mol. The third-order valence-corrected chi connectivity index (χ3v) is 5.06. The van der Waals surface area contributed by atoms with E-state index in [2.05, 4.69) is 22.8 Å². The van der Waals surface area contributed by atoms with Crippen molar-refractivity contribution in [3.05, 3.63) is 29.3 Å². The van der Waals surface area contributed by atoms with Gasteiger partial charge in [-0.3, -0.25) is 9.69 Å². The minimum atomic E-state index is 0.276. The van der Waals surface area contributed by atoms with Gasteiger partial charge < -0.3 is 9.80 Å². The number of hydrogen-bond donors (Lipinski definition) is 0. The Morgan fingerprint density at radius 2 is 2.00 bits per heavy atom. The average Bonchev–Trinajstić information content (AvgIpc) is 3.38. The number of anilines is 1. The lowest BCUT2D eigenvalue weighted by Gasteiger charge is -2.37. The monoisotopic (exact) mass is 335 g/mol. The zero-order valence-corrected chi connectivity index (χ0v) is 14.6. The Labute approximate surface area is 144 Å². The van der Waals surface area contributed by atoms with Crippen LogP contribution in [0, 0.1) is 5.92 Å². The summed E-state index contributed by atoms with van der Waals surface area (Å²) in [7, 11) is 0. The van der Waals surface area contributed by atoms with Gasteiger partial charge in [0.15, 0.2) is 0 Å². The highest BCUT2D eigenvalue weighted by Crippen LogP contribution is 2.29. The highest BCUT2D eigenvalue weighted by Gasteiger charge is 2.27. The number of rotatable bonds is 6. The van der Waals surface area contributed by atoms with Crippen LogP contribution >= 0.6 is 11.6 Å². The molecule has 1 heterocycles. The van der Waals surface area contributed by atoms with Gasteiger partial charge in [0.05, 0.1) is 6.54 Å². The van der Waals surface area contributed by atoms with Crippen LogP contribution in [0.4, 0.5) is 5.69 Å². The second kappa shape index (κ2) is 7.54. The molecule has 0 aromatic heterocycles. The predicted molar refractivity (Wildman–Crippen MR) is 95.1 cm³/mol. The predicted octanol–water partition coefficient (Wildman–Crippen LogP) is 2.72. The van der Waals surface area contributed by atoms with Crippen molar-refractivity contribution in [2.24, 2.45) is 5.92 Å². The number of hydrogen-bond acceptors (Lipinski definition) is 3. The molecule has 1 saturated heterocycles. The van der Waals surface area contributed by atoms with Crippen LogP contribution in [-0.4, -0.2) is 61.5 Å². The first-order valence-corrected chi connectivity index (χ1v) is 9.04. The van der Waals surface area contributed by atoms with E-state index in [0.717, 1.165) is 55.9 Å². The normalized spacial score (nSPS) is 18.6. The molecule has 2 fully saturated rings. The first kappa shape index (κ1) is 16.6. The second-order valence-electron chi connectivity index (χ2n) is 6.62. The smallest absolute Gasteiger partial charge is 0.236 e. The van der Waals surface area contributed by atoms with Gasteiger partial charge in [0.2, 0.25) is 5.91 Å². The molecule has 4 nitrogen and oxygen atoms in total. The van der Waals surface area contributed by atoms with Gasteiger partial charge in [-0.2, -0.15) is 0 Å². The number of benzene rings is 1. The molecule has 5 heteroatoms. The summed E-state index contributed by atoms with van der Waals surface area (Å²) in [5.74, 6) is 1.11. The third kappa shape index (κ3) is 4.61. The van der Waals surface area contributed by atoms with Gasteiger partial charge >= 0.3 is 0 Å². The summed E-state index contributed by atoms with van der Waals surface area (Å²) in [6, 6.07) is 7.95. The van der Waals surface area contributed by atoms with Gasteiger partial charge in [0, 0.05) is 43.4 Å². The Bertz CT molecular complexity index is 539. The standard InChI is InChI=1S/C18H26ClN3O/c1-2-20(13-15-6-7-15)14-18(23)22-10-8-21(9-11-22)17-5-3-4-16(19)12-17/h3-5,12,15H,2,6-11,13-14H2,1H3. The maximum atomic E-state index is 12.5. The molecule has 0 N–H and O–H groups in total. The third-order valence-electron chi connectivity index (χ3n) is 4.83. The molecule has 1 saturated carbocycles. The summed E-state index contributed by atoms with van der Waals surface area (Å²) >= 11 is 6.07. The molecule has 23 heavy (non-hydrogen) atoms. The van der Waals surface area contributed by atoms with Crippen molar-refractivity contribution in [3.63, 3.8) is 0 Å². The van der Waals surface area contributed by atoms with Gasteiger partial charge in [-0.15, -0.1) is 0 Å². The first-order chi connectivity index (χ1) is 11.2. The topological polar surface area (TPSA) is 26.8 Å². The van der Waals surface area contributed by atoms with Crippen LogP contribution in [-0.2, 0) is 4.79 Å². The van der Waals surface area contributed by atoms with Crippen LogP contribution in [0.15, 0.2) is 24.3 Å². The number of halogens is 1.